The highest BCUT2D eigenvalue weighted by Crippen LogP contribution is 2.33. The number of fused-ring (bicyclic) bond motifs is 1. The van der Waals surface area contributed by atoms with Crippen LogP contribution in [0, 0.1) is 11.7 Å². The number of nitrogens with two attached hydrogens (primary N) is 1. The molecule has 1 aromatic rings. The summed E-state index contributed by atoms with van der Waals surface area (Å²) in [6.07, 6.45) is 0.597. The van der Waals surface area contributed by atoms with Gasteiger partial charge in [-0.15, -0.1) is 0 Å². The minimum Gasteiger partial charge on any atom is -0.493 e. The highest BCUT2D eigenvalue weighted by molar-refractivity contribution is 6.30. The Kier molecular flexibility index (Phi) is 2.85. The SMILES string of the molecule is C[C@@H](N)C1COc2ccc(Cl)c(F)c2C1. The average Bonchev–Trinajstić information content (AvgIpc) is 2.23. The molecule has 1 unspecified atom stereocenters. The zero-order chi connectivity index (χ0) is 11.0. The van der Waals surface area contributed by atoms with Gasteiger partial charge in [0.25, 0.3) is 0 Å². The highest BCUT2D eigenvalue weighted by atomic mass is 35.5. The normalized spacial score (nSPS) is 21.7. The molecule has 0 amide bonds. The molecule has 0 aliphatic carbocycles. The summed E-state index contributed by atoms with van der Waals surface area (Å²) in [5, 5.41) is 0.141. The van der Waals surface area contributed by atoms with Gasteiger partial charge in [0.1, 0.15) is 11.6 Å². The standard InChI is InChI=1S/C11H13ClFNO/c1-6(14)7-4-8-10(15-5-7)3-2-9(12)11(8)13/h2-3,6-7H,4-5,14H2,1H3/t6-,7?/m1/s1. The molecule has 1 aliphatic rings. The van der Waals surface area contributed by atoms with Crippen molar-refractivity contribution in [1.29, 1.82) is 0 Å². The number of benzene rings is 1. The first kappa shape index (κ1) is 10.7. The van der Waals surface area contributed by atoms with Gasteiger partial charge < -0.3 is 10.5 Å². The van der Waals surface area contributed by atoms with Gasteiger partial charge in [-0.2, -0.15) is 0 Å². The molecule has 4 heteroatoms. The van der Waals surface area contributed by atoms with Crippen LogP contribution in [0.2, 0.25) is 5.02 Å². The Morgan fingerprint density at radius 1 is 1.60 bits per heavy atom. The van der Waals surface area contributed by atoms with E-state index in [1.54, 1.807) is 6.07 Å². The van der Waals surface area contributed by atoms with Crippen LogP contribution in [0.5, 0.6) is 5.75 Å². The summed E-state index contributed by atoms with van der Waals surface area (Å²) in [6, 6.07) is 3.22. The summed E-state index contributed by atoms with van der Waals surface area (Å²) in [5.74, 6) is 0.374. The van der Waals surface area contributed by atoms with Gasteiger partial charge in [0, 0.05) is 17.5 Å². The molecule has 2 atom stereocenters. The second-order valence-corrected chi connectivity index (χ2v) is 4.38. The van der Waals surface area contributed by atoms with Crippen LogP contribution in [-0.2, 0) is 6.42 Å². The third-order valence-corrected chi connectivity index (χ3v) is 3.11. The van der Waals surface area contributed by atoms with Gasteiger partial charge in [-0.1, -0.05) is 11.6 Å². The molecule has 0 saturated carbocycles. The van der Waals surface area contributed by atoms with Gasteiger partial charge in [-0.25, -0.2) is 4.39 Å². The lowest BCUT2D eigenvalue weighted by Gasteiger charge is -2.28. The van der Waals surface area contributed by atoms with E-state index in [1.807, 2.05) is 6.92 Å². The molecule has 2 rings (SSSR count). The van der Waals surface area contributed by atoms with Gasteiger partial charge in [0.2, 0.25) is 0 Å². The number of rotatable bonds is 1. The molecule has 1 heterocycles. The summed E-state index contributed by atoms with van der Waals surface area (Å²) in [4.78, 5) is 0. The third-order valence-electron chi connectivity index (χ3n) is 2.82. The van der Waals surface area contributed by atoms with Crippen molar-refractivity contribution in [2.45, 2.75) is 19.4 Å². The Morgan fingerprint density at radius 3 is 3.00 bits per heavy atom. The maximum atomic E-state index is 13.7. The quantitative estimate of drug-likeness (QED) is 0.803. The molecule has 1 aliphatic heterocycles. The molecule has 82 valence electrons. The maximum Gasteiger partial charge on any atom is 0.148 e. The van der Waals surface area contributed by atoms with Crippen LogP contribution in [-0.4, -0.2) is 12.6 Å². The molecular formula is C11H13ClFNO. The van der Waals surface area contributed by atoms with E-state index in [-0.39, 0.29) is 22.8 Å². The van der Waals surface area contributed by atoms with Crippen LogP contribution < -0.4 is 10.5 Å². The van der Waals surface area contributed by atoms with E-state index < -0.39 is 0 Å². The summed E-state index contributed by atoms with van der Waals surface area (Å²) >= 11 is 5.71. The van der Waals surface area contributed by atoms with Gasteiger partial charge in [0.05, 0.1) is 11.6 Å². The molecular weight excluding hydrogens is 217 g/mol. The van der Waals surface area contributed by atoms with Crippen LogP contribution in [0.25, 0.3) is 0 Å². The molecule has 0 aromatic heterocycles. The van der Waals surface area contributed by atoms with Crippen molar-refractivity contribution in [1.82, 2.24) is 0 Å². The van der Waals surface area contributed by atoms with E-state index in [0.29, 0.717) is 24.3 Å². The fourth-order valence-electron chi connectivity index (χ4n) is 1.76. The second-order valence-electron chi connectivity index (χ2n) is 3.97. The highest BCUT2D eigenvalue weighted by Gasteiger charge is 2.26. The lowest BCUT2D eigenvalue weighted by molar-refractivity contribution is 0.201. The minimum absolute atomic E-state index is 0.00321. The Bertz CT molecular complexity index is 381. The van der Waals surface area contributed by atoms with E-state index in [9.17, 15) is 4.39 Å². The topological polar surface area (TPSA) is 35.2 Å². The molecule has 15 heavy (non-hydrogen) atoms. The zero-order valence-corrected chi connectivity index (χ0v) is 9.22. The predicted octanol–water partition coefficient (Wildman–Crippen LogP) is 2.38. The van der Waals surface area contributed by atoms with Crippen LogP contribution in [0.3, 0.4) is 0 Å². The second kappa shape index (κ2) is 3.99. The van der Waals surface area contributed by atoms with Crippen molar-refractivity contribution >= 4 is 11.6 Å². The van der Waals surface area contributed by atoms with Crippen molar-refractivity contribution in [2.75, 3.05) is 6.61 Å². The first-order valence-corrected chi connectivity index (χ1v) is 5.32. The Balaban J connectivity index is 2.35. The molecule has 1 aromatic carbocycles. The minimum atomic E-state index is -0.375. The van der Waals surface area contributed by atoms with Crippen molar-refractivity contribution in [3.05, 3.63) is 28.5 Å². The molecule has 2 N–H and O–H groups in total. The summed E-state index contributed by atoms with van der Waals surface area (Å²) < 4.78 is 19.1. The fraction of sp³-hybridized carbons (Fsp3) is 0.455. The molecule has 0 bridgehead atoms. The molecule has 2 nitrogen and oxygen atoms in total. The average molecular weight is 230 g/mol. The number of ether oxygens (including phenoxy) is 1. The van der Waals surface area contributed by atoms with E-state index in [2.05, 4.69) is 0 Å². The van der Waals surface area contributed by atoms with E-state index >= 15 is 0 Å². The third kappa shape index (κ3) is 1.94. The first-order chi connectivity index (χ1) is 7.09. The van der Waals surface area contributed by atoms with E-state index in [4.69, 9.17) is 22.1 Å². The maximum absolute atomic E-state index is 13.7. The van der Waals surface area contributed by atoms with Crippen LogP contribution in [0.1, 0.15) is 12.5 Å². The zero-order valence-electron chi connectivity index (χ0n) is 8.47. The van der Waals surface area contributed by atoms with Crippen molar-refractivity contribution in [2.24, 2.45) is 11.7 Å². The number of hydrogen-bond donors (Lipinski definition) is 1. The monoisotopic (exact) mass is 229 g/mol. The molecule has 0 fully saturated rings. The Morgan fingerprint density at radius 2 is 2.33 bits per heavy atom. The summed E-state index contributed by atoms with van der Waals surface area (Å²) in [5.41, 5.74) is 6.33. The largest absolute Gasteiger partial charge is 0.493 e. The van der Waals surface area contributed by atoms with Gasteiger partial charge in [-0.3, -0.25) is 0 Å². The molecule has 0 radical (unpaired) electrons. The van der Waals surface area contributed by atoms with Crippen LogP contribution in [0.15, 0.2) is 12.1 Å². The lowest BCUT2D eigenvalue weighted by Crippen LogP contribution is -2.35. The van der Waals surface area contributed by atoms with Crippen molar-refractivity contribution in [3.8, 4) is 5.75 Å². The van der Waals surface area contributed by atoms with Gasteiger partial charge in [-0.05, 0) is 25.5 Å². The van der Waals surface area contributed by atoms with Gasteiger partial charge in [0.15, 0.2) is 0 Å². The summed E-state index contributed by atoms with van der Waals surface area (Å²) in [6.45, 7) is 2.45. The Labute approximate surface area is 93.2 Å². The van der Waals surface area contributed by atoms with E-state index in [1.165, 1.54) is 6.07 Å². The number of halogens is 2. The summed E-state index contributed by atoms with van der Waals surface area (Å²) in [7, 11) is 0. The van der Waals surface area contributed by atoms with Gasteiger partial charge >= 0.3 is 0 Å². The smallest absolute Gasteiger partial charge is 0.148 e. The number of hydrogen-bond acceptors (Lipinski definition) is 2. The molecule has 0 spiro atoms. The Hall–Kier alpha value is -0.800. The van der Waals surface area contributed by atoms with Crippen molar-refractivity contribution < 1.29 is 9.13 Å². The van der Waals surface area contributed by atoms with Crippen LogP contribution >= 0.6 is 11.6 Å². The van der Waals surface area contributed by atoms with Crippen molar-refractivity contribution in [3.63, 3.8) is 0 Å². The first-order valence-electron chi connectivity index (χ1n) is 4.95. The van der Waals surface area contributed by atoms with E-state index in [0.717, 1.165) is 0 Å². The predicted molar refractivity (Wildman–Crippen MR) is 57.7 cm³/mol. The lowest BCUT2D eigenvalue weighted by atomic mass is 9.91. The van der Waals surface area contributed by atoms with Crippen LogP contribution in [0.4, 0.5) is 4.39 Å². The molecule has 0 saturated heterocycles. The fourth-order valence-corrected chi connectivity index (χ4v) is 1.93.